The molecule has 0 unspecified atom stereocenters. The molecule has 2 rings (SSSR count). The summed E-state index contributed by atoms with van der Waals surface area (Å²) in [5.74, 6) is 0. The molecule has 1 aromatic rings. The molecule has 0 spiro atoms. The molecule has 0 aliphatic carbocycles. The first-order chi connectivity index (χ1) is 8.52. The van der Waals surface area contributed by atoms with Gasteiger partial charge in [-0.05, 0) is 12.1 Å². The van der Waals surface area contributed by atoms with Crippen LogP contribution in [0.5, 0.6) is 0 Å². The van der Waals surface area contributed by atoms with Gasteiger partial charge < -0.3 is 4.90 Å². The Labute approximate surface area is 102 Å². The Hall–Kier alpha value is -1.79. The fourth-order valence-electron chi connectivity index (χ4n) is 2.01. The van der Waals surface area contributed by atoms with Gasteiger partial charge in [0, 0.05) is 18.8 Å². The van der Waals surface area contributed by atoms with Crippen LogP contribution in [0, 0.1) is 4.91 Å². The second-order valence-electron chi connectivity index (χ2n) is 4.04. The summed E-state index contributed by atoms with van der Waals surface area (Å²) in [5.41, 5.74) is -0.479. The Morgan fingerprint density at radius 2 is 1.67 bits per heavy atom. The Bertz CT molecular complexity index is 428. The zero-order valence-corrected chi connectivity index (χ0v) is 9.52. The molecule has 7 heteroatoms. The number of hydrogen-bond donors (Lipinski definition) is 0. The molecule has 98 valence electrons. The third-order valence-corrected chi connectivity index (χ3v) is 2.92. The normalized spacial score (nSPS) is 16.8. The zero-order chi connectivity index (χ0) is 13.2. The van der Waals surface area contributed by atoms with Gasteiger partial charge in [-0.25, -0.2) is 0 Å². The van der Waals surface area contributed by atoms with Crippen LogP contribution in [0.25, 0.3) is 0 Å². The largest absolute Gasteiger partial charge is 0.418 e. The van der Waals surface area contributed by atoms with Crippen LogP contribution in [0.3, 0.4) is 0 Å². The predicted molar refractivity (Wildman–Crippen MR) is 61.0 cm³/mol. The first-order valence-corrected chi connectivity index (χ1v) is 5.52. The summed E-state index contributed by atoms with van der Waals surface area (Å²) >= 11 is 0. The minimum atomic E-state index is -4.36. The Morgan fingerprint density at radius 1 is 1.06 bits per heavy atom. The van der Waals surface area contributed by atoms with E-state index in [4.69, 9.17) is 0 Å². The fraction of sp³-hybridized carbons (Fsp3) is 0.455. The number of nitrogens with zero attached hydrogens (tertiary/aromatic N) is 3. The molecule has 1 fully saturated rings. The van der Waals surface area contributed by atoms with E-state index in [0.717, 1.165) is 6.07 Å². The molecule has 0 bridgehead atoms. The minimum Gasteiger partial charge on any atom is -0.367 e. The van der Waals surface area contributed by atoms with Gasteiger partial charge in [0.15, 0.2) is 0 Å². The number of halogens is 3. The molecule has 0 atom stereocenters. The maximum absolute atomic E-state index is 12.8. The molecule has 0 aromatic heterocycles. The third-order valence-electron chi connectivity index (χ3n) is 2.92. The molecule has 0 radical (unpaired) electrons. The average Bonchev–Trinajstić information content (AvgIpc) is 2.38. The molecular formula is C11H12F3N3O. The van der Waals surface area contributed by atoms with Gasteiger partial charge >= 0.3 is 6.18 Å². The van der Waals surface area contributed by atoms with Crippen LogP contribution in [0.1, 0.15) is 5.56 Å². The van der Waals surface area contributed by atoms with Crippen LogP contribution < -0.4 is 4.90 Å². The number of hydrogen-bond acceptors (Lipinski definition) is 3. The molecule has 1 aromatic carbocycles. The predicted octanol–water partition coefficient (Wildman–Crippen LogP) is 2.51. The van der Waals surface area contributed by atoms with E-state index in [1.165, 1.54) is 17.1 Å². The van der Waals surface area contributed by atoms with Crippen molar-refractivity contribution in [2.24, 2.45) is 5.29 Å². The Morgan fingerprint density at radius 3 is 2.22 bits per heavy atom. The molecule has 18 heavy (non-hydrogen) atoms. The lowest BCUT2D eigenvalue weighted by Gasteiger charge is -2.34. The average molecular weight is 259 g/mol. The standard InChI is InChI=1S/C11H12F3N3O/c12-11(13,14)9-3-1-2-4-10(9)16-5-7-17(15-18)8-6-16/h1-4H,5-8H2. The van der Waals surface area contributed by atoms with E-state index in [9.17, 15) is 18.1 Å². The number of para-hydroxylation sites is 1. The number of benzene rings is 1. The SMILES string of the molecule is O=NN1CCN(c2ccccc2C(F)(F)F)CC1. The summed E-state index contributed by atoms with van der Waals surface area (Å²) in [4.78, 5) is 11.9. The third kappa shape index (κ3) is 2.55. The fourth-order valence-corrected chi connectivity index (χ4v) is 2.01. The molecular weight excluding hydrogens is 247 g/mol. The smallest absolute Gasteiger partial charge is 0.367 e. The molecule has 1 aliphatic rings. The first kappa shape index (κ1) is 12.7. The molecule has 1 aliphatic heterocycles. The zero-order valence-electron chi connectivity index (χ0n) is 9.52. The van der Waals surface area contributed by atoms with Crippen molar-refractivity contribution in [1.29, 1.82) is 0 Å². The van der Waals surface area contributed by atoms with Gasteiger partial charge in [0.05, 0.1) is 23.9 Å². The number of rotatable bonds is 2. The van der Waals surface area contributed by atoms with E-state index in [0.29, 0.717) is 26.2 Å². The molecule has 0 amide bonds. The van der Waals surface area contributed by atoms with Crippen LogP contribution in [-0.2, 0) is 6.18 Å². The quantitative estimate of drug-likeness (QED) is 0.765. The van der Waals surface area contributed by atoms with E-state index < -0.39 is 11.7 Å². The summed E-state index contributed by atoms with van der Waals surface area (Å²) in [7, 11) is 0. The van der Waals surface area contributed by atoms with Crippen LogP contribution in [0.4, 0.5) is 18.9 Å². The lowest BCUT2D eigenvalue weighted by Crippen LogP contribution is -2.44. The van der Waals surface area contributed by atoms with Crippen molar-refractivity contribution in [1.82, 2.24) is 5.01 Å². The molecule has 1 saturated heterocycles. The van der Waals surface area contributed by atoms with E-state index in [-0.39, 0.29) is 5.69 Å². The van der Waals surface area contributed by atoms with E-state index in [1.54, 1.807) is 11.0 Å². The highest BCUT2D eigenvalue weighted by molar-refractivity contribution is 5.55. The maximum Gasteiger partial charge on any atom is 0.418 e. The lowest BCUT2D eigenvalue weighted by molar-refractivity contribution is -0.137. The second kappa shape index (κ2) is 4.83. The van der Waals surface area contributed by atoms with Gasteiger partial charge in [-0.1, -0.05) is 12.1 Å². The summed E-state index contributed by atoms with van der Waals surface area (Å²) in [6.07, 6.45) is -4.36. The van der Waals surface area contributed by atoms with Crippen LogP contribution in [0.2, 0.25) is 0 Å². The molecule has 4 nitrogen and oxygen atoms in total. The minimum absolute atomic E-state index is 0.163. The number of piperazine rings is 1. The van der Waals surface area contributed by atoms with Gasteiger partial charge in [-0.15, -0.1) is 4.91 Å². The monoisotopic (exact) mass is 259 g/mol. The Kier molecular flexibility index (Phi) is 3.40. The second-order valence-corrected chi connectivity index (χ2v) is 4.04. The van der Waals surface area contributed by atoms with Gasteiger partial charge in [-0.3, -0.25) is 5.01 Å². The first-order valence-electron chi connectivity index (χ1n) is 5.52. The summed E-state index contributed by atoms with van der Waals surface area (Å²) < 4.78 is 38.5. The highest BCUT2D eigenvalue weighted by Crippen LogP contribution is 2.36. The van der Waals surface area contributed by atoms with E-state index >= 15 is 0 Å². The lowest BCUT2D eigenvalue weighted by atomic mass is 10.1. The number of anilines is 1. The van der Waals surface area contributed by atoms with Gasteiger partial charge in [0.2, 0.25) is 0 Å². The van der Waals surface area contributed by atoms with Crippen molar-refractivity contribution >= 4 is 5.69 Å². The topological polar surface area (TPSA) is 35.9 Å². The summed E-state index contributed by atoms with van der Waals surface area (Å²) in [6, 6.07) is 5.47. The number of alkyl halides is 3. The van der Waals surface area contributed by atoms with Crippen molar-refractivity contribution in [3.63, 3.8) is 0 Å². The molecule has 0 N–H and O–H groups in total. The van der Waals surface area contributed by atoms with Gasteiger partial charge in [0.1, 0.15) is 0 Å². The Balaban J connectivity index is 2.22. The van der Waals surface area contributed by atoms with Crippen molar-refractivity contribution in [2.75, 3.05) is 31.1 Å². The van der Waals surface area contributed by atoms with Crippen LogP contribution in [0.15, 0.2) is 29.6 Å². The van der Waals surface area contributed by atoms with Gasteiger partial charge in [-0.2, -0.15) is 13.2 Å². The van der Waals surface area contributed by atoms with Crippen LogP contribution >= 0.6 is 0 Å². The maximum atomic E-state index is 12.8. The summed E-state index contributed by atoms with van der Waals surface area (Å²) in [6.45, 7) is 1.41. The van der Waals surface area contributed by atoms with Crippen molar-refractivity contribution in [2.45, 2.75) is 6.18 Å². The van der Waals surface area contributed by atoms with Gasteiger partial charge in [0.25, 0.3) is 0 Å². The van der Waals surface area contributed by atoms with E-state index in [1.807, 2.05) is 0 Å². The van der Waals surface area contributed by atoms with Crippen molar-refractivity contribution < 1.29 is 13.2 Å². The highest BCUT2D eigenvalue weighted by atomic mass is 19.4. The van der Waals surface area contributed by atoms with Crippen LogP contribution in [-0.4, -0.2) is 31.2 Å². The van der Waals surface area contributed by atoms with Crippen molar-refractivity contribution in [3.8, 4) is 0 Å². The van der Waals surface area contributed by atoms with Crippen molar-refractivity contribution in [3.05, 3.63) is 34.7 Å². The molecule has 1 heterocycles. The molecule has 0 saturated carbocycles. The highest BCUT2D eigenvalue weighted by Gasteiger charge is 2.35. The number of nitroso groups, excluding NO2 is 1. The summed E-state index contributed by atoms with van der Waals surface area (Å²) in [5, 5.41) is 4.09. The van der Waals surface area contributed by atoms with E-state index in [2.05, 4.69) is 5.29 Å².